The van der Waals surface area contributed by atoms with E-state index in [-0.39, 0.29) is 0 Å². The second-order valence-electron chi connectivity index (χ2n) is 7.06. The van der Waals surface area contributed by atoms with Gasteiger partial charge in [0.15, 0.2) is 0 Å². The maximum Gasteiger partial charge on any atom is 0.229 e. The molecular formula is C17H28N6. The van der Waals surface area contributed by atoms with Crippen LogP contribution in [-0.4, -0.2) is 74.3 Å². The summed E-state index contributed by atoms with van der Waals surface area (Å²) in [4.78, 5) is 19.5. The summed E-state index contributed by atoms with van der Waals surface area (Å²) >= 11 is 0. The van der Waals surface area contributed by atoms with Crippen LogP contribution in [0.1, 0.15) is 25.7 Å². The van der Waals surface area contributed by atoms with E-state index in [1.54, 1.807) is 0 Å². The largest absolute Gasteiger partial charge is 0.356 e. The average Bonchev–Trinajstić information content (AvgIpc) is 3.29. The number of nitrogens with zero attached hydrogens (tertiary/aromatic N) is 6. The van der Waals surface area contributed by atoms with Gasteiger partial charge < -0.3 is 19.6 Å². The number of anilines is 3. The Morgan fingerprint density at radius 2 is 1.13 bits per heavy atom. The predicted molar refractivity (Wildman–Crippen MR) is 94.6 cm³/mol. The molecule has 0 radical (unpaired) electrons. The van der Waals surface area contributed by atoms with Gasteiger partial charge in [-0.05, 0) is 32.7 Å². The van der Waals surface area contributed by atoms with Crippen LogP contribution in [0.4, 0.5) is 17.6 Å². The maximum absolute atomic E-state index is 4.93. The quantitative estimate of drug-likeness (QED) is 0.840. The van der Waals surface area contributed by atoms with Gasteiger partial charge in [0, 0.05) is 58.4 Å². The standard InChI is InChI=1S/C17H28N6/c1-20-10-12-22(13-11-20)16-14-15(21-6-2-3-7-21)18-17(19-16)23-8-4-5-9-23/h14H,2-13H2,1H3. The lowest BCUT2D eigenvalue weighted by molar-refractivity contribution is 0.312. The lowest BCUT2D eigenvalue weighted by Crippen LogP contribution is -2.45. The molecule has 6 heteroatoms. The van der Waals surface area contributed by atoms with Crippen LogP contribution < -0.4 is 14.7 Å². The summed E-state index contributed by atoms with van der Waals surface area (Å²) < 4.78 is 0. The minimum Gasteiger partial charge on any atom is -0.356 e. The Labute approximate surface area is 139 Å². The number of hydrogen-bond donors (Lipinski definition) is 0. The van der Waals surface area contributed by atoms with Crippen LogP contribution in [0.15, 0.2) is 6.07 Å². The van der Waals surface area contributed by atoms with Gasteiger partial charge in [0.05, 0.1) is 0 Å². The molecule has 0 unspecified atom stereocenters. The van der Waals surface area contributed by atoms with Gasteiger partial charge in [0.2, 0.25) is 5.95 Å². The van der Waals surface area contributed by atoms with Crippen molar-refractivity contribution in [2.75, 3.05) is 74.1 Å². The van der Waals surface area contributed by atoms with Crippen molar-refractivity contribution in [3.8, 4) is 0 Å². The molecule has 3 fully saturated rings. The predicted octanol–water partition coefficient (Wildman–Crippen LogP) is 1.43. The normalized spacial score (nSPS) is 23.1. The third kappa shape index (κ3) is 3.22. The highest BCUT2D eigenvalue weighted by Crippen LogP contribution is 2.27. The Balaban J connectivity index is 1.63. The SMILES string of the molecule is CN1CCN(c2cc(N3CCCC3)nc(N3CCCC3)n2)CC1. The molecule has 0 saturated carbocycles. The molecule has 23 heavy (non-hydrogen) atoms. The van der Waals surface area contributed by atoms with E-state index in [1.165, 1.54) is 25.7 Å². The van der Waals surface area contributed by atoms with E-state index in [4.69, 9.17) is 9.97 Å². The zero-order valence-electron chi connectivity index (χ0n) is 14.2. The van der Waals surface area contributed by atoms with Crippen molar-refractivity contribution in [1.29, 1.82) is 0 Å². The molecule has 0 N–H and O–H groups in total. The van der Waals surface area contributed by atoms with Gasteiger partial charge in [0.25, 0.3) is 0 Å². The summed E-state index contributed by atoms with van der Waals surface area (Å²) in [5, 5.41) is 0. The maximum atomic E-state index is 4.93. The van der Waals surface area contributed by atoms with Crippen LogP contribution in [0.2, 0.25) is 0 Å². The topological polar surface area (TPSA) is 38.7 Å². The zero-order chi connectivity index (χ0) is 15.6. The smallest absolute Gasteiger partial charge is 0.229 e. The monoisotopic (exact) mass is 316 g/mol. The van der Waals surface area contributed by atoms with Crippen LogP contribution in [0.25, 0.3) is 0 Å². The van der Waals surface area contributed by atoms with Crippen molar-refractivity contribution < 1.29 is 0 Å². The third-order valence-corrected chi connectivity index (χ3v) is 5.33. The highest BCUT2D eigenvalue weighted by atomic mass is 15.3. The molecule has 0 spiro atoms. The number of likely N-dealkylation sites (N-methyl/N-ethyl adjacent to an activating group) is 1. The Bertz CT molecular complexity index is 494. The lowest BCUT2D eigenvalue weighted by Gasteiger charge is -2.34. The molecule has 4 rings (SSSR count). The highest BCUT2D eigenvalue weighted by Gasteiger charge is 2.23. The first-order chi connectivity index (χ1) is 11.3. The Morgan fingerprint density at radius 3 is 1.70 bits per heavy atom. The molecule has 4 heterocycles. The van der Waals surface area contributed by atoms with Crippen molar-refractivity contribution in [1.82, 2.24) is 14.9 Å². The molecule has 0 bridgehead atoms. The van der Waals surface area contributed by atoms with Crippen LogP contribution in [0.3, 0.4) is 0 Å². The van der Waals surface area contributed by atoms with Crippen molar-refractivity contribution in [3.63, 3.8) is 0 Å². The summed E-state index contributed by atoms with van der Waals surface area (Å²) in [6, 6.07) is 2.22. The van der Waals surface area contributed by atoms with Crippen molar-refractivity contribution in [2.45, 2.75) is 25.7 Å². The fourth-order valence-corrected chi connectivity index (χ4v) is 3.77. The zero-order valence-corrected chi connectivity index (χ0v) is 14.2. The van der Waals surface area contributed by atoms with E-state index in [1.807, 2.05) is 0 Å². The first kappa shape index (κ1) is 15.0. The summed E-state index contributed by atoms with van der Waals surface area (Å²) in [5.41, 5.74) is 0. The Hall–Kier alpha value is -1.56. The number of hydrogen-bond acceptors (Lipinski definition) is 6. The first-order valence-corrected chi connectivity index (χ1v) is 9.12. The second kappa shape index (κ2) is 6.51. The molecule has 0 aromatic carbocycles. The van der Waals surface area contributed by atoms with E-state index in [2.05, 4.69) is 32.7 Å². The van der Waals surface area contributed by atoms with Gasteiger partial charge in [-0.1, -0.05) is 0 Å². The lowest BCUT2D eigenvalue weighted by atomic mass is 10.3. The molecule has 3 saturated heterocycles. The molecule has 1 aromatic heterocycles. The van der Waals surface area contributed by atoms with Gasteiger partial charge >= 0.3 is 0 Å². The summed E-state index contributed by atoms with van der Waals surface area (Å²) in [6.07, 6.45) is 5.10. The fraction of sp³-hybridized carbons (Fsp3) is 0.765. The van der Waals surface area contributed by atoms with Crippen LogP contribution in [0.5, 0.6) is 0 Å². The summed E-state index contributed by atoms with van der Waals surface area (Å²) in [7, 11) is 2.20. The van der Waals surface area contributed by atoms with Crippen molar-refractivity contribution in [3.05, 3.63) is 6.07 Å². The molecule has 126 valence electrons. The number of rotatable bonds is 3. The molecular weight excluding hydrogens is 288 g/mol. The number of piperazine rings is 1. The molecule has 0 amide bonds. The van der Waals surface area contributed by atoms with E-state index in [9.17, 15) is 0 Å². The highest BCUT2D eigenvalue weighted by molar-refractivity contribution is 5.56. The minimum absolute atomic E-state index is 0.945. The third-order valence-electron chi connectivity index (χ3n) is 5.33. The second-order valence-corrected chi connectivity index (χ2v) is 7.06. The minimum atomic E-state index is 0.945. The van der Waals surface area contributed by atoms with Crippen LogP contribution in [-0.2, 0) is 0 Å². The Morgan fingerprint density at radius 1 is 0.652 bits per heavy atom. The summed E-state index contributed by atoms with van der Waals surface area (Å²) in [6.45, 7) is 8.83. The van der Waals surface area contributed by atoms with Crippen molar-refractivity contribution >= 4 is 17.6 Å². The van der Waals surface area contributed by atoms with E-state index >= 15 is 0 Å². The fourth-order valence-electron chi connectivity index (χ4n) is 3.77. The van der Waals surface area contributed by atoms with E-state index in [0.717, 1.165) is 69.9 Å². The van der Waals surface area contributed by atoms with E-state index in [0.29, 0.717) is 0 Å². The van der Waals surface area contributed by atoms with Gasteiger partial charge in [-0.25, -0.2) is 0 Å². The Kier molecular flexibility index (Phi) is 4.25. The molecule has 6 nitrogen and oxygen atoms in total. The van der Waals surface area contributed by atoms with Gasteiger partial charge in [-0.15, -0.1) is 0 Å². The average molecular weight is 316 g/mol. The van der Waals surface area contributed by atoms with Gasteiger partial charge in [-0.2, -0.15) is 9.97 Å². The van der Waals surface area contributed by atoms with Crippen LogP contribution >= 0.6 is 0 Å². The molecule has 0 atom stereocenters. The van der Waals surface area contributed by atoms with E-state index < -0.39 is 0 Å². The molecule has 3 aliphatic heterocycles. The van der Waals surface area contributed by atoms with Crippen molar-refractivity contribution in [2.24, 2.45) is 0 Å². The first-order valence-electron chi connectivity index (χ1n) is 9.12. The van der Waals surface area contributed by atoms with Gasteiger partial charge in [0.1, 0.15) is 11.6 Å². The number of aromatic nitrogens is 2. The van der Waals surface area contributed by atoms with Gasteiger partial charge in [-0.3, -0.25) is 0 Å². The summed E-state index contributed by atoms with van der Waals surface area (Å²) in [5.74, 6) is 3.20. The molecule has 3 aliphatic rings. The molecule has 0 aliphatic carbocycles. The molecule has 1 aromatic rings. The van der Waals surface area contributed by atoms with Crippen LogP contribution in [0, 0.1) is 0 Å².